The molecule has 4 nitrogen and oxygen atoms in total. The molecule has 112 valence electrons. The summed E-state index contributed by atoms with van der Waals surface area (Å²) < 4.78 is 1.80. The number of aromatic nitrogens is 3. The molecule has 2 aromatic heterocycles. The molecule has 3 aromatic rings. The third-order valence-corrected chi connectivity index (χ3v) is 4.14. The molecule has 0 bridgehead atoms. The summed E-state index contributed by atoms with van der Waals surface area (Å²) in [6.07, 6.45) is 7.56. The predicted molar refractivity (Wildman–Crippen MR) is 90.1 cm³/mol. The number of nitrogens with one attached hydrogen (secondary N) is 1. The van der Waals surface area contributed by atoms with E-state index in [4.69, 9.17) is 0 Å². The molecule has 0 saturated heterocycles. The highest BCUT2D eigenvalue weighted by Crippen LogP contribution is 2.15. The average Bonchev–Trinajstić information content (AvgIpc) is 3.10. The standard InChI is InChI=1S/C17H18N4S/c1-22-16-7-5-14(6-8-16)12-18-13-15-4-2-9-19-17(15)21-11-3-10-20-21/h2-11,18H,12-13H2,1H3. The van der Waals surface area contributed by atoms with Gasteiger partial charge in [0.1, 0.15) is 0 Å². The highest BCUT2D eigenvalue weighted by atomic mass is 32.2. The van der Waals surface area contributed by atoms with E-state index in [1.54, 1.807) is 28.8 Å². The molecule has 0 aliphatic heterocycles. The molecule has 22 heavy (non-hydrogen) atoms. The van der Waals surface area contributed by atoms with Crippen LogP contribution in [-0.4, -0.2) is 21.0 Å². The van der Waals surface area contributed by atoms with Gasteiger partial charge in [0.25, 0.3) is 0 Å². The van der Waals surface area contributed by atoms with Gasteiger partial charge in [-0.15, -0.1) is 11.8 Å². The maximum atomic E-state index is 4.43. The van der Waals surface area contributed by atoms with Crippen LogP contribution in [0.3, 0.4) is 0 Å². The molecular formula is C17H18N4S. The van der Waals surface area contributed by atoms with Crippen molar-refractivity contribution in [2.45, 2.75) is 18.0 Å². The molecule has 0 saturated carbocycles. The molecule has 0 amide bonds. The van der Waals surface area contributed by atoms with E-state index in [0.717, 1.165) is 24.5 Å². The molecule has 0 atom stereocenters. The van der Waals surface area contributed by atoms with Crippen molar-refractivity contribution < 1.29 is 0 Å². The summed E-state index contributed by atoms with van der Waals surface area (Å²) in [6, 6.07) is 14.6. The van der Waals surface area contributed by atoms with Gasteiger partial charge in [-0.25, -0.2) is 9.67 Å². The van der Waals surface area contributed by atoms with Crippen LogP contribution < -0.4 is 5.32 Å². The van der Waals surface area contributed by atoms with Gasteiger partial charge in [0.2, 0.25) is 0 Å². The Kier molecular flexibility index (Phi) is 4.88. The smallest absolute Gasteiger partial charge is 0.157 e. The second-order valence-corrected chi connectivity index (χ2v) is 5.77. The Morgan fingerprint density at radius 3 is 2.64 bits per heavy atom. The Morgan fingerprint density at radius 2 is 1.91 bits per heavy atom. The molecule has 0 fully saturated rings. The zero-order valence-corrected chi connectivity index (χ0v) is 13.3. The Labute approximate surface area is 134 Å². The van der Waals surface area contributed by atoms with Gasteiger partial charge < -0.3 is 5.32 Å². The molecule has 3 rings (SSSR count). The number of hydrogen-bond acceptors (Lipinski definition) is 4. The second-order valence-electron chi connectivity index (χ2n) is 4.89. The van der Waals surface area contributed by atoms with Gasteiger partial charge >= 0.3 is 0 Å². The molecule has 1 N–H and O–H groups in total. The van der Waals surface area contributed by atoms with E-state index in [1.807, 2.05) is 18.3 Å². The average molecular weight is 310 g/mol. The first-order valence-electron chi connectivity index (χ1n) is 7.14. The van der Waals surface area contributed by atoms with E-state index < -0.39 is 0 Å². The lowest BCUT2D eigenvalue weighted by molar-refractivity contribution is 0.681. The van der Waals surface area contributed by atoms with Crippen molar-refractivity contribution in [3.8, 4) is 5.82 Å². The van der Waals surface area contributed by atoms with E-state index in [0.29, 0.717) is 0 Å². The second kappa shape index (κ2) is 7.24. The number of benzene rings is 1. The van der Waals surface area contributed by atoms with Crippen LogP contribution in [0.2, 0.25) is 0 Å². The van der Waals surface area contributed by atoms with E-state index in [-0.39, 0.29) is 0 Å². The summed E-state index contributed by atoms with van der Waals surface area (Å²) in [7, 11) is 0. The summed E-state index contributed by atoms with van der Waals surface area (Å²) in [5, 5.41) is 7.73. The molecule has 0 spiro atoms. The van der Waals surface area contributed by atoms with Crippen molar-refractivity contribution >= 4 is 11.8 Å². The van der Waals surface area contributed by atoms with Gasteiger partial charge in [-0.2, -0.15) is 5.10 Å². The first-order valence-corrected chi connectivity index (χ1v) is 8.37. The van der Waals surface area contributed by atoms with Crippen molar-refractivity contribution in [3.05, 3.63) is 72.2 Å². The zero-order valence-electron chi connectivity index (χ0n) is 12.4. The lowest BCUT2D eigenvalue weighted by Crippen LogP contribution is -2.15. The van der Waals surface area contributed by atoms with Crippen molar-refractivity contribution in [3.63, 3.8) is 0 Å². The maximum Gasteiger partial charge on any atom is 0.157 e. The number of hydrogen-bond donors (Lipinski definition) is 1. The number of pyridine rings is 1. The molecule has 0 radical (unpaired) electrons. The highest BCUT2D eigenvalue weighted by Gasteiger charge is 2.05. The largest absolute Gasteiger partial charge is 0.308 e. The van der Waals surface area contributed by atoms with Gasteiger partial charge in [-0.05, 0) is 36.1 Å². The minimum absolute atomic E-state index is 0.757. The van der Waals surface area contributed by atoms with Crippen LogP contribution in [0.5, 0.6) is 0 Å². The molecule has 0 aliphatic rings. The fourth-order valence-electron chi connectivity index (χ4n) is 2.25. The van der Waals surface area contributed by atoms with E-state index in [1.165, 1.54) is 10.5 Å². The monoisotopic (exact) mass is 310 g/mol. The fraction of sp³-hybridized carbons (Fsp3) is 0.176. The van der Waals surface area contributed by atoms with Crippen LogP contribution in [0, 0.1) is 0 Å². The molecule has 0 aliphatic carbocycles. The van der Waals surface area contributed by atoms with Crippen LogP contribution in [0.25, 0.3) is 5.82 Å². The number of thioether (sulfide) groups is 1. The Balaban J connectivity index is 1.64. The van der Waals surface area contributed by atoms with Gasteiger partial charge in [0.15, 0.2) is 5.82 Å². The summed E-state index contributed by atoms with van der Waals surface area (Å²) in [6.45, 7) is 1.59. The van der Waals surface area contributed by atoms with Gasteiger partial charge in [0.05, 0.1) is 0 Å². The van der Waals surface area contributed by atoms with Crippen molar-refractivity contribution in [1.82, 2.24) is 20.1 Å². The van der Waals surface area contributed by atoms with Crippen LogP contribution in [0.15, 0.2) is 66.0 Å². The Morgan fingerprint density at radius 1 is 1.05 bits per heavy atom. The van der Waals surface area contributed by atoms with Crippen molar-refractivity contribution in [2.24, 2.45) is 0 Å². The van der Waals surface area contributed by atoms with E-state index >= 15 is 0 Å². The first-order chi connectivity index (χ1) is 10.9. The van der Waals surface area contributed by atoms with E-state index in [9.17, 15) is 0 Å². The Bertz CT molecular complexity index is 708. The van der Waals surface area contributed by atoms with Crippen molar-refractivity contribution in [1.29, 1.82) is 0 Å². The third kappa shape index (κ3) is 3.55. The van der Waals surface area contributed by atoms with Gasteiger partial charge in [-0.3, -0.25) is 0 Å². The Hall–Kier alpha value is -2.11. The van der Waals surface area contributed by atoms with E-state index in [2.05, 4.69) is 52.0 Å². The van der Waals surface area contributed by atoms with Crippen LogP contribution >= 0.6 is 11.8 Å². The third-order valence-electron chi connectivity index (χ3n) is 3.39. The molecule has 0 unspecified atom stereocenters. The summed E-state index contributed by atoms with van der Waals surface area (Å²) >= 11 is 1.76. The minimum Gasteiger partial charge on any atom is -0.308 e. The fourth-order valence-corrected chi connectivity index (χ4v) is 2.66. The van der Waals surface area contributed by atoms with Gasteiger partial charge in [0, 0.05) is 42.1 Å². The van der Waals surface area contributed by atoms with Crippen LogP contribution in [-0.2, 0) is 13.1 Å². The molecule has 1 aromatic carbocycles. The summed E-state index contributed by atoms with van der Waals surface area (Å²) in [5.74, 6) is 0.873. The van der Waals surface area contributed by atoms with Crippen LogP contribution in [0.1, 0.15) is 11.1 Å². The summed E-state index contributed by atoms with van der Waals surface area (Å²) in [5.41, 5.74) is 2.41. The topological polar surface area (TPSA) is 42.7 Å². The van der Waals surface area contributed by atoms with Crippen molar-refractivity contribution in [2.75, 3.05) is 6.26 Å². The lowest BCUT2D eigenvalue weighted by atomic mass is 10.2. The highest BCUT2D eigenvalue weighted by molar-refractivity contribution is 7.98. The predicted octanol–water partition coefficient (Wildman–Crippen LogP) is 3.28. The summed E-state index contributed by atoms with van der Waals surface area (Å²) in [4.78, 5) is 5.72. The maximum absolute atomic E-state index is 4.43. The lowest BCUT2D eigenvalue weighted by Gasteiger charge is -2.10. The zero-order chi connectivity index (χ0) is 15.2. The normalized spacial score (nSPS) is 10.8. The molecule has 2 heterocycles. The quantitative estimate of drug-likeness (QED) is 0.710. The number of nitrogens with zero attached hydrogens (tertiary/aromatic N) is 3. The molecular weight excluding hydrogens is 292 g/mol. The first kappa shape index (κ1) is 14.8. The number of rotatable bonds is 6. The van der Waals surface area contributed by atoms with Gasteiger partial charge in [-0.1, -0.05) is 18.2 Å². The SMILES string of the molecule is CSc1ccc(CNCc2cccnc2-n2cccn2)cc1. The molecule has 5 heteroatoms. The van der Waals surface area contributed by atoms with Crippen LogP contribution in [0.4, 0.5) is 0 Å². The minimum atomic E-state index is 0.757.